The fourth-order valence-corrected chi connectivity index (χ4v) is 3.47. The lowest BCUT2D eigenvalue weighted by atomic mass is 10.3. The SMILES string of the molecule is CN=C(NCCN(C(C)C)C1CC1)N1CCN(c2ncccn2)CC1. The van der Waals surface area contributed by atoms with Gasteiger partial charge >= 0.3 is 0 Å². The molecule has 7 heteroatoms. The van der Waals surface area contributed by atoms with E-state index in [0.717, 1.165) is 57.2 Å². The van der Waals surface area contributed by atoms with Gasteiger partial charge in [-0.3, -0.25) is 9.89 Å². The van der Waals surface area contributed by atoms with Crippen LogP contribution in [0.3, 0.4) is 0 Å². The van der Waals surface area contributed by atoms with Gasteiger partial charge in [0.1, 0.15) is 0 Å². The van der Waals surface area contributed by atoms with Crippen LogP contribution < -0.4 is 10.2 Å². The summed E-state index contributed by atoms with van der Waals surface area (Å²) in [5.41, 5.74) is 0. The molecule has 0 bridgehead atoms. The molecule has 0 radical (unpaired) electrons. The average Bonchev–Trinajstić information content (AvgIpc) is 3.47. The van der Waals surface area contributed by atoms with E-state index in [-0.39, 0.29) is 0 Å². The largest absolute Gasteiger partial charge is 0.355 e. The molecule has 25 heavy (non-hydrogen) atoms. The number of nitrogens with one attached hydrogen (secondary N) is 1. The predicted octanol–water partition coefficient (Wildman–Crippen LogP) is 1.05. The van der Waals surface area contributed by atoms with Crippen LogP contribution in [-0.4, -0.2) is 84.1 Å². The minimum absolute atomic E-state index is 0.616. The van der Waals surface area contributed by atoms with E-state index in [1.54, 1.807) is 12.4 Å². The first-order valence-electron chi connectivity index (χ1n) is 9.42. The van der Waals surface area contributed by atoms with Crippen LogP contribution in [-0.2, 0) is 0 Å². The van der Waals surface area contributed by atoms with Gasteiger partial charge in [-0.2, -0.15) is 0 Å². The van der Waals surface area contributed by atoms with E-state index in [1.807, 2.05) is 13.1 Å². The van der Waals surface area contributed by atoms with Crippen molar-refractivity contribution in [3.8, 4) is 0 Å². The third-order valence-electron chi connectivity index (χ3n) is 4.96. The lowest BCUT2D eigenvalue weighted by Gasteiger charge is -2.36. The van der Waals surface area contributed by atoms with Gasteiger partial charge in [0.15, 0.2) is 5.96 Å². The monoisotopic (exact) mass is 345 g/mol. The number of anilines is 1. The van der Waals surface area contributed by atoms with Crippen LogP contribution in [0.1, 0.15) is 26.7 Å². The van der Waals surface area contributed by atoms with Gasteiger partial charge in [0.05, 0.1) is 0 Å². The average molecular weight is 345 g/mol. The fourth-order valence-electron chi connectivity index (χ4n) is 3.47. The summed E-state index contributed by atoms with van der Waals surface area (Å²) in [6.07, 6.45) is 6.32. The highest BCUT2D eigenvalue weighted by Crippen LogP contribution is 2.27. The molecule has 1 saturated heterocycles. The van der Waals surface area contributed by atoms with Crippen molar-refractivity contribution in [1.29, 1.82) is 0 Å². The maximum atomic E-state index is 4.47. The number of hydrogen-bond donors (Lipinski definition) is 1. The molecular formula is C18H31N7. The lowest BCUT2D eigenvalue weighted by molar-refractivity contribution is 0.214. The maximum Gasteiger partial charge on any atom is 0.225 e. The summed E-state index contributed by atoms with van der Waals surface area (Å²) in [7, 11) is 1.87. The molecule has 1 aromatic rings. The van der Waals surface area contributed by atoms with Gasteiger partial charge in [0, 0.05) is 70.8 Å². The molecule has 0 aromatic carbocycles. The zero-order valence-corrected chi connectivity index (χ0v) is 15.7. The minimum atomic E-state index is 0.616. The molecule has 7 nitrogen and oxygen atoms in total. The van der Waals surface area contributed by atoms with E-state index < -0.39 is 0 Å². The molecular weight excluding hydrogens is 314 g/mol. The molecule has 1 aromatic heterocycles. The number of piperazine rings is 1. The van der Waals surface area contributed by atoms with Crippen molar-refractivity contribution in [3.63, 3.8) is 0 Å². The Bertz CT molecular complexity index is 546. The van der Waals surface area contributed by atoms with Crippen molar-refractivity contribution in [2.24, 2.45) is 4.99 Å². The highest BCUT2D eigenvalue weighted by atomic mass is 15.4. The van der Waals surface area contributed by atoms with E-state index in [1.165, 1.54) is 12.8 Å². The maximum absolute atomic E-state index is 4.47. The summed E-state index contributed by atoms with van der Waals surface area (Å²) in [4.78, 5) is 20.3. The number of guanidine groups is 1. The van der Waals surface area contributed by atoms with Gasteiger partial charge in [-0.1, -0.05) is 0 Å². The summed E-state index contributed by atoms with van der Waals surface area (Å²) < 4.78 is 0. The third kappa shape index (κ3) is 4.81. The fraction of sp³-hybridized carbons (Fsp3) is 0.722. The Balaban J connectivity index is 1.44. The van der Waals surface area contributed by atoms with Crippen LogP contribution in [0.2, 0.25) is 0 Å². The topological polar surface area (TPSA) is 59.9 Å². The Morgan fingerprint density at radius 2 is 1.92 bits per heavy atom. The van der Waals surface area contributed by atoms with E-state index in [0.29, 0.717) is 6.04 Å². The number of rotatable bonds is 6. The Morgan fingerprint density at radius 3 is 2.48 bits per heavy atom. The smallest absolute Gasteiger partial charge is 0.225 e. The molecule has 3 rings (SSSR count). The zero-order chi connectivity index (χ0) is 17.6. The highest BCUT2D eigenvalue weighted by molar-refractivity contribution is 5.80. The summed E-state index contributed by atoms with van der Waals surface area (Å²) in [6.45, 7) is 10.3. The van der Waals surface area contributed by atoms with E-state index in [9.17, 15) is 0 Å². The molecule has 1 N–H and O–H groups in total. The molecule has 1 aliphatic carbocycles. The van der Waals surface area contributed by atoms with Gasteiger partial charge in [-0.15, -0.1) is 0 Å². The number of aliphatic imine (C=N–C) groups is 1. The van der Waals surface area contributed by atoms with E-state index in [2.05, 4.69) is 48.8 Å². The molecule has 138 valence electrons. The van der Waals surface area contributed by atoms with E-state index >= 15 is 0 Å². The first-order valence-corrected chi connectivity index (χ1v) is 9.42. The van der Waals surface area contributed by atoms with Crippen LogP contribution in [0, 0.1) is 0 Å². The first kappa shape index (κ1) is 17.9. The molecule has 0 amide bonds. The van der Waals surface area contributed by atoms with Gasteiger partial charge < -0.3 is 15.1 Å². The second kappa shape index (κ2) is 8.47. The third-order valence-corrected chi connectivity index (χ3v) is 4.96. The second-order valence-electron chi connectivity index (χ2n) is 7.06. The Labute approximate surface area is 151 Å². The Morgan fingerprint density at radius 1 is 1.24 bits per heavy atom. The van der Waals surface area contributed by atoms with Crippen molar-refractivity contribution < 1.29 is 0 Å². The first-order chi connectivity index (χ1) is 12.2. The van der Waals surface area contributed by atoms with Gasteiger partial charge in [-0.25, -0.2) is 9.97 Å². The van der Waals surface area contributed by atoms with Gasteiger partial charge in [0.25, 0.3) is 0 Å². The molecule has 2 aliphatic rings. The molecule has 1 saturated carbocycles. The quantitative estimate of drug-likeness (QED) is 0.614. The Kier molecular flexibility index (Phi) is 6.07. The molecule has 2 heterocycles. The zero-order valence-electron chi connectivity index (χ0n) is 15.7. The number of aromatic nitrogens is 2. The number of nitrogens with zero attached hydrogens (tertiary/aromatic N) is 6. The van der Waals surface area contributed by atoms with Crippen LogP contribution in [0.25, 0.3) is 0 Å². The van der Waals surface area contributed by atoms with Crippen LogP contribution in [0.15, 0.2) is 23.5 Å². The van der Waals surface area contributed by atoms with Gasteiger partial charge in [0.2, 0.25) is 5.95 Å². The Hall–Kier alpha value is -1.89. The lowest BCUT2D eigenvalue weighted by Crippen LogP contribution is -2.53. The molecule has 2 fully saturated rings. The summed E-state index contributed by atoms with van der Waals surface area (Å²) in [5.74, 6) is 1.83. The van der Waals surface area contributed by atoms with E-state index in [4.69, 9.17) is 0 Å². The molecule has 0 spiro atoms. The van der Waals surface area contributed by atoms with Gasteiger partial charge in [-0.05, 0) is 32.8 Å². The second-order valence-corrected chi connectivity index (χ2v) is 7.06. The van der Waals surface area contributed by atoms with Crippen LogP contribution in [0.5, 0.6) is 0 Å². The van der Waals surface area contributed by atoms with Crippen molar-refractivity contribution in [2.75, 3.05) is 51.2 Å². The standard InChI is InChI=1S/C18H31N7/c1-15(2)25(16-5-6-16)10-9-22-17(19-3)23-11-13-24(14-12-23)18-20-7-4-8-21-18/h4,7-8,15-16H,5-6,9-14H2,1-3H3,(H,19,22). The number of hydrogen-bond acceptors (Lipinski definition) is 5. The summed E-state index contributed by atoms with van der Waals surface area (Å²) in [5, 5.41) is 3.55. The molecule has 1 aliphatic heterocycles. The summed E-state index contributed by atoms with van der Waals surface area (Å²) in [6, 6.07) is 3.28. The normalized spacial score (nSPS) is 19.0. The predicted molar refractivity (Wildman–Crippen MR) is 102 cm³/mol. The molecule has 0 atom stereocenters. The van der Waals surface area contributed by atoms with Crippen molar-refractivity contribution in [2.45, 2.75) is 38.8 Å². The van der Waals surface area contributed by atoms with Crippen molar-refractivity contribution in [1.82, 2.24) is 25.1 Å². The van der Waals surface area contributed by atoms with Crippen LogP contribution >= 0.6 is 0 Å². The minimum Gasteiger partial charge on any atom is -0.355 e. The van der Waals surface area contributed by atoms with Crippen LogP contribution in [0.4, 0.5) is 5.95 Å². The molecule has 0 unspecified atom stereocenters. The summed E-state index contributed by atoms with van der Waals surface area (Å²) >= 11 is 0. The van der Waals surface area contributed by atoms with Crippen molar-refractivity contribution in [3.05, 3.63) is 18.5 Å². The van der Waals surface area contributed by atoms with Crippen molar-refractivity contribution >= 4 is 11.9 Å². The highest BCUT2D eigenvalue weighted by Gasteiger charge is 2.30.